The highest BCUT2D eigenvalue weighted by atomic mass is 16.6. The summed E-state index contributed by atoms with van der Waals surface area (Å²) in [6.45, 7) is 3.79. The third kappa shape index (κ3) is 27.4. The smallest absolute Gasteiger partial charge is 0.306 e. The number of aliphatic hydroxyl groups is 4. The van der Waals surface area contributed by atoms with Crippen LogP contribution in [0.5, 0.6) is 0 Å². The molecular weight excluding hydrogens is 684 g/mol. The third-order valence-electron chi connectivity index (χ3n) is 11.2. The molecule has 0 spiro atoms. The number of hydrogen-bond donors (Lipinski definition) is 4. The maximum atomic E-state index is 12.8. The first-order valence-electron chi connectivity index (χ1n) is 23.0. The van der Waals surface area contributed by atoms with Gasteiger partial charge in [0.1, 0.15) is 37.1 Å². The Labute approximate surface area is 331 Å². The molecule has 1 saturated heterocycles. The van der Waals surface area contributed by atoms with Crippen molar-refractivity contribution in [3.05, 3.63) is 0 Å². The average molecular weight is 771 g/mol. The zero-order valence-corrected chi connectivity index (χ0v) is 35.0. The van der Waals surface area contributed by atoms with E-state index >= 15 is 0 Å². The van der Waals surface area contributed by atoms with Crippen molar-refractivity contribution < 1.29 is 44.2 Å². The molecule has 1 heterocycles. The van der Waals surface area contributed by atoms with Gasteiger partial charge in [-0.15, -0.1) is 0 Å². The van der Waals surface area contributed by atoms with E-state index in [1.807, 2.05) is 0 Å². The number of aliphatic hydroxyl groups excluding tert-OH is 4. The van der Waals surface area contributed by atoms with Gasteiger partial charge in [-0.1, -0.05) is 194 Å². The van der Waals surface area contributed by atoms with E-state index < -0.39 is 49.2 Å². The molecular formula is C45H86O9. The van der Waals surface area contributed by atoms with Crippen molar-refractivity contribution in [2.75, 3.05) is 13.2 Å². The number of carbonyl (C=O) groups excluding carboxylic acids is 2. The number of ether oxygens (including phenoxy) is 3. The summed E-state index contributed by atoms with van der Waals surface area (Å²) in [5, 5.41) is 40.6. The number of rotatable bonds is 38. The second-order valence-corrected chi connectivity index (χ2v) is 16.3. The quantitative estimate of drug-likeness (QED) is 0.0356. The fourth-order valence-electron chi connectivity index (χ4n) is 7.57. The normalized spacial score (nSPS) is 20.6. The molecule has 0 aromatic carbocycles. The molecule has 1 unspecified atom stereocenters. The van der Waals surface area contributed by atoms with Crippen LogP contribution in [0.1, 0.15) is 226 Å². The molecule has 9 heteroatoms. The van der Waals surface area contributed by atoms with E-state index in [0.717, 1.165) is 32.1 Å². The van der Waals surface area contributed by atoms with E-state index in [1.54, 1.807) is 0 Å². The Bertz CT molecular complexity index is 853. The van der Waals surface area contributed by atoms with E-state index in [1.165, 1.54) is 154 Å². The lowest BCUT2D eigenvalue weighted by molar-refractivity contribution is -0.236. The third-order valence-corrected chi connectivity index (χ3v) is 11.2. The minimum Gasteiger partial charge on any atom is -0.462 e. The van der Waals surface area contributed by atoms with Gasteiger partial charge >= 0.3 is 11.9 Å². The summed E-state index contributed by atoms with van der Waals surface area (Å²) in [5.74, 6) is -0.764. The number of esters is 2. The van der Waals surface area contributed by atoms with Gasteiger partial charge in [-0.2, -0.15) is 0 Å². The lowest BCUT2D eigenvalue weighted by Crippen LogP contribution is -2.59. The number of hydrogen-bond acceptors (Lipinski definition) is 9. The van der Waals surface area contributed by atoms with Crippen LogP contribution in [0.2, 0.25) is 0 Å². The van der Waals surface area contributed by atoms with Gasteiger partial charge in [0.05, 0.1) is 12.7 Å². The predicted octanol–water partition coefficient (Wildman–Crippen LogP) is 10.2. The van der Waals surface area contributed by atoms with E-state index in [0.29, 0.717) is 6.42 Å². The summed E-state index contributed by atoms with van der Waals surface area (Å²) < 4.78 is 16.9. The molecule has 1 rings (SSSR count). The monoisotopic (exact) mass is 771 g/mol. The number of unbranched alkanes of at least 4 members (excludes halogenated alkanes) is 28. The van der Waals surface area contributed by atoms with Crippen molar-refractivity contribution in [2.24, 2.45) is 0 Å². The van der Waals surface area contributed by atoms with Crippen LogP contribution in [0, 0.1) is 0 Å². The molecule has 320 valence electrons. The van der Waals surface area contributed by atoms with Crippen LogP contribution in [-0.4, -0.2) is 82.2 Å². The van der Waals surface area contributed by atoms with Crippen molar-refractivity contribution >= 4 is 11.9 Å². The van der Waals surface area contributed by atoms with Gasteiger partial charge in [-0.25, -0.2) is 0 Å². The van der Waals surface area contributed by atoms with Crippen LogP contribution >= 0.6 is 0 Å². The molecule has 9 nitrogen and oxygen atoms in total. The molecule has 0 aliphatic carbocycles. The van der Waals surface area contributed by atoms with Crippen LogP contribution in [0.4, 0.5) is 0 Å². The van der Waals surface area contributed by atoms with Crippen molar-refractivity contribution in [3.8, 4) is 0 Å². The second kappa shape index (κ2) is 36.1. The summed E-state index contributed by atoms with van der Waals surface area (Å²) in [7, 11) is 0. The maximum Gasteiger partial charge on any atom is 0.306 e. The average Bonchev–Trinajstić information content (AvgIpc) is 3.17. The summed E-state index contributed by atoms with van der Waals surface area (Å²) in [6, 6.07) is 0. The van der Waals surface area contributed by atoms with Crippen LogP contribution in [0.3, 0.4) is 0 Å². The zero-order valence-electron chi connectivity index (χ0n) is 35.0. The van der Waals surface area contributed by atoms with Crippen molar-refractivity contribution in [1.29, 1.82) is 0 Å². The molecule has 0 aromatic heterocycles. The van der Waals surface area contributed by atoms with Gasteiger partial charge in [-0.3, -0.25) is 9.59 Å². The molecule has 54 heavy (non-hydrogen) atoms. The van der Waals surface area contributed by atoms with Gasteiger partial charge in [0, 0.05) is 19.3 Å². The highest BCUT2D eigenvalue weighted by Gasteiger charge is 2.44. The Kier molecular flexibility index (Phi) is 33.9. The van der Waals surface area contributed by atoms with E-state index in [4.69, 9.17) is 14.2 Å². The fraction of sp³-hybridized carbons (Fsp3) is 0.956. The number of carbonyl (C=O) groups is 2. The molecule has 6 atom stereocenters. The lowest BCUT2D eigenvalue weighted by atomic mass is 9.92. The molecule has 0 radical (unpaired) electrons. The fourth-order valence-corrected chi connectivity index (χ4v) is 7.57. The van der Waals surface area contributed by atoms with Crippen LogP contribution in [-0.2, 0) is 23.8 Å². The van der Waals surface area contributed by atoms with Gasteiger partial charge in [0.15, 0.2) is 0 Å². The lowest BCUT2D eigenvalue weighted by Gasteiger charge is -2.41. The first-order valence-corrected chi connectivity index (χ1v) is 23.0. The van der Waals surface area contributed by atoms with Gasteiger partial charge in [0.25, 0.3) is 0 Å². The Hall–Kier alpha value is -1.26. The zero-order chi connectivity index (χ0) is 39.5. The molecule has 0 bridgehead atoms. The molecule has 4 N–H and O–H groups in total. The first kappa shape index (κ1) is 50.8. The maximum absolute atomic E-state index is 12.8. The summed E-state index contributed by atoms with van der Waals surface area (Å²) in [5.41, 5.74) is 0. The van der Waals surface area contributed by atoms with E-state index in [9.17, 15) is 30.0 Å². The second-order valence-electron chi connectivity index (χ2n) is 16.3. The molecule has 1 aliphatic rings. The topological polar surface area (TPSA) is 143 Å². The molecule has 1 fully saturated rings. The largest absolute Gasteiger partial charge is 0.462 e. The van der Waals surface area contributed by atoms with Crippen LogP contribution in [0.25, 0.3) is 0 Å². The summed E-state index contributed by atoms with van der Waals surface area (Å²) >= 11 is 0. The highest BCUT2D eigenvalue weighted by Crippen LogP contribution is 2.25. The SMILES string of the molecule is CCCCCCCCCCCCCCCCCC(=O)OCC(C[C@H]1O[C@H](CO)[C@H](O)[C@H](O)[C@H]1O)OC(=O)CCCCCCCCCCCCCCCCC. The van der Waals surface area contributed by atoms with Crippen molar-refractivity contribution in [3.63, 3.8) is 0 Å². The van der Waals surface area contributed by atoms with E-state index in [2.05, 4.69) is 13.8 Å². The van der Waals surface area contributed by atoms with Gasteiger partial charge in [-0.05, 0) is 12.8 Å². The highest BCUT2D eigenvalue weighted by molar-refractivity contribution is 5.70. The molecule has 0 aromatic rings. The van der Waals surface area contributed by atoms with Crippen molar-refractivity contribution in [2.45, 2.75) is 262 Å². The Morgan fingerprint density at radius 3 is 1.19 bits per heavy atom. The van der Waals surface area contributed by atoms with Crippen molar-refractivity contribution in [1.82, 2.24) is 0 Å². The summed E-state index contributed by atoms with van der Waals surface area (Å²) in [4.78, 5) is 25.4. The molecule has 0 amide bonds. The summed E-state index contributed by atoms with van der Waals surface area (Å²) in [6.07, 6.45) is 30.4. The Morgan fingerprint density at radius 2 is 0.815 bits per heavy atom. The minimum atomic E-state index is -1.52. The van der Waals surface area contributed by atoms with Gasteiger partial charge < -0.3 is 34.6 Å². The Balaban J connectivity index is 2.30. The molecule has 1 aliphatic heterocycles. The van der Waals surface area contributed by atoms with Gasteiger partial charge in [0.2, 0.25) is 0 Å². The van der Waals surface area contributed by atoms with E-state index in [-0.39, 0.29) is 31.8 Å². The molecule has 0 saturated carbocycles. The minimum absolute atomic E-state index is 0.0434. The first-order chi connectivity index (χ1) is 26.3. The van der Waals surface area contributed by atoms with Crippen LogP contribution < -0.4 is 0 Å². The predicted molar refractivity (Wildman–Crippen MR) is 218 cm³/mol. The standard InChI is InChI=1S/C45H86O9/c1-3-5-7-9-11-13-15-17-19-21-23-25-27-29-31-33-41(47)52-37-38(35-39-43(49)45(51)44(50)40(36-46)54-39)53-42(48)34-32-30-28-26-24-22-20-18-16-14-12-10-8-6-4-2/h38-40,43-46,49-51H,3-37H2,1-2H3/t38?,39-,40-,43+,44+,45-/m1/s1. The van der Waals surface area contributed by atoms with Crippen LogP contribution in [0.15, 0.2) is 0 Å². The Morgan fingerprint density at radius 1 is 0.481 bits per heavy atom.